The van der Waals surface area contributed by atoms with E-state index in [1.807, 2.05) is 0 Å². The lowest BCUT2D eigenvalue weighted by atomic mass is 10.2. The van der Waals surface area contributed by atoms with Crippen molar-refractivity contribution in [1.29, 1.82) is 0 Å². The molecule has 2 aromatic rings. The Morgan fingerprint density at radius 3 is 2.61 bits per heavy atom. The Kier molecular flexibility index (Phi) is 4.13. The topological polar surface area (TPSA) is 101 Å². The van der Waals surface area contributed by atoms with Gasteiger partial charge in [-0.25, -0.2) is 0 Å². The first-order chi connectivity index (χ1) is 11.1. The van der Waals surface area contributed by atoms with Gasteiger partial charge in [-0.2, -0.15) is 0 Å². The van der Waals surface area contributed by atoms with E-state index in [0.717, 1.165) is 31.7 Å². The maximum Gasteiger partial charge on any atom is 0.276 e. The minimum Gasteiger partial charge on any atom is -0.355 e. The second-order valence-corrected chi connectivity index (χ2v) is 5.23. The predicted octanol–water partition coefficient (Wildman–Crippen LogP) is 2.24. The van der Waals surface area contributed by atoms with Crippen LogP contribution in [0.15, 0.2) is 36.4 Å². The van der Waals surface area contributed by atoms with Crippen LogP contribution < -0.4 is 10.2 Å². The largest absolute Gasteiger partial charge is 0.355 e. The highest BCUT2D eigenvalue weighted by Gasteiger charge is 2.16. The van der Waals surface area contributed by atoms with Gasteiger partial charge in [0, 0.05) is 30.9 Å². The third-order valence-corrected chi connectivity index (χ3v) is 3.63. The van der Waals surface area contributed by atoms with E-state index in [2.05, 4.69) is 20.4 Å². The highest BCUT2D eigenvalue weighted by atomic mass is 16.6. The Hall–Kier alpha value is -3.03. The van der Waals surface area contributed by atoms with Crippen molar-refractivity contribution in [3.05, 3.63) is 52.2 Å². The highest BCUT2D eigenvalue weighted by molar-refractivity contribution is 6.02. The summed E-state index contributed by atoms with van der Waals surface area (Å²) in [5.41, 5.74) is 0.423. The number of benzene rings is 1. The van der Waals surface area contributed by atoms with E-state index >= 15 is 0 Å². The Balaban J connectivity index is 1.70. The molecule has 0 atom stereocenters. The first-order valence-electron chi connectivity index (χ1n) is 7.28. The quantitative estimate of drug-likeness (QED) is 0.686. The van der Waals surface area contributed by atoms with Gasteiger partial charge in [0.1, 0.15) is 0 Å². The van der Waals surface area contributed by atoms with Gasteiger partial charge < -0.3 is 10.2 Å². The van der Waals surface area contributed by atoms with E-state index in [9.17, 15) is 14.9 Å². The lowest BCUT2D eigenvalue weighted by Crippen LogP contribution is -2.21. The molecule has 0 bridgehead atoms. The van der Waals surface area contributed by atoms with Gasteiger partial charge in [-0.3, -0.25) is 14.9 Å². The number of amides is 1. The Labute approximate surface area is 132 Å². The average Bonchev–Trinajstić information content (AvgIpc) is 3.09. The smallest absolute Gasteiger partial charge is 0.276 e. The number of nitro groups is 1. The van der Waals surface area contributed by atoms with Crippen LogP contribution in [0.25, 0.3) is 0 Å². The van der Waals surface area contributed by atoms with Gasteiger partial charge in [0.2, 0.25) is 0 Å². The van der Waals surface area contributed by atoms with Gasteiger partial charge in [-0.05, 0) is 31.0 Å². The zero-order valence-electron chi connectivity index (χ0n) is 12.3. The van der Waals surface area contributed by atoms with Gasteiger partial charge in [-0.1, -0.05) is 6.07 Å². The van der Waals surface area contributed by atoms with Gasteiger partial charge in [-0.15, -0.1) is 10.2 Å². The van der Waals surface area contributed by atoms with Crippen molar-refractivity contribution >= 4 is 23.1 Å². The fraction of sp³-hybridized carbons (Fsp3) is 0.267. The van der Waals surface area contributed by atoms with Crippen LogP contribution in [0.1, 0.15) is 23.3 Å². The fourth-order valence-corrected chi connectivity index (χ4v) is 2.45. The lowest BCUT2D eigenvalue weighted by Gasteiger charge is -2.15. The molecule has 0 spiro atoms. The Bertz CT molecular complexity index is 726. The van der Waals surface area contributed by atoms with Crippen LogP contribution in [0.5, 0.6) is 0 Å². The number of nitrogens with zero attached hydrogens (tertiary/aromatic N) is 4. The summed E-state index contributed by atoms with van der Waals surface area (Å²) in [6, 6.07) is 9.12. The molecule has 2 heterocycles. The number of anilines is 2. The molecule has 1 aromatic heterocycles. The summed E-state index contributed by atoms with van der Waals surface area (Å²) < 4.78 is 0. The standard InChI is InChI=1S/C15H15N5O3/c21-15(16-11-4-3-5-12(10-11)20(22)23)13-6-7-14(18-17-13)19-8-1-2-9-19/h3-7,10H,1-2,8-9H2,(H,16,21). The van der Waals surface area contributed by atoms with Crippen molar-refractivity contribution in [2.24, 2.45) is 0 Å². The van der Waals surface area contributed by atoms with Crippen LogP contribution in [0, 0.1) is 10.1 Å². The molecule has 1 aliphatic rings. The van der Waals surface area contributed by atoms with Crippen LogP contribution in [-0.4, -0.2) is 34.1 Å². The molecule has 1 fully saturated rings. The van der Waals surface area contributed by atoms with E-state index in [1.54, 1.807) is 18.2 Å². The molecule has 1 aliphatic heterocycles. The number of nitrogens with one attached hydrogen (secondary N) is 1. The van der Waals surface area contributed by atoms with E-state index in [0.29, 0.717) is 5.69 Å². The molecular weight excluding hydrogens is 298 g/mol. The lowest BCUT2D eigenvalue weighted by molar-refractivity contribution is -0.384. The Morgan fingerprint density at radius 2 is 1.96 bits per heavy atom. The molecule has 3 rings (SSSR count). The molecule has 8 nitrogen and oxygen atoms in total. The molecule has 1 amide bonds. The van der Waals surface area contributed by atoms with Crippen LogP contribution in [-0.2, 0) is 0 Å². The van der Waals surface area contributed by atoms with E-state index in [4.69, 9.17) is 0 Å². The van der Waals surface area contributed by atoms with Gasteiger partial charge in [0.05, 0.1) is 4.92 Å². The van der Waals surface area contributed by atoms with Crippen molar-refractivity contribution in [2.45, 2.75) is 12.8 Å². The number of non-ortho nitro benzene ring substituents is 1. The number of rotatable bonds is 4. The van der Waals surface area contributed by atoms with Crippen molar-refractivity contribution in [1.82, 2.24) is 10.2 Å². The molecule has 0 saturated carbocycles. The number of carbonyl (C=O) groups excluding carboxylic acids is 1. The van der Waals surface area contributed by atoms with Crippen LogP contribution in [0.4, 0.5) is 17.2 Å². The third kappa shape index (κ3) is 3.42. The molecule has 0 radical (unpaired) electrons. The summed E-state index contributed by atoms with van der Waals surface area (Å²) in [5, 5.41) is 21.3. The third-order valence-electron chi connectivity index (χ3n) is 3.63. The summed E-state index contributed by atoms with van der Waals surface area (Å²) in [7, 11) is 0. The molecule has 1 N–H and O–H groups in total. The van der Waals surface area contributed by atoms with E-state index in [1.165, 1.54) is 18.2 Å². The second-order valence-electron chi connectivity index (χ2n) is 5.23. The summed E-state index contributed by atoms with van der Waals surface area (Å²) in [6.07, 6.45) is 2.27. The van der Waals surface area contributed by atoms with E-state index in [-0.39, 0.29) is 11.4 Å². The molecular formula is C15H15N5O3. The summed E-state index contributed by atoms with van der Waals surface area (Å²) >= 11 is 0. The van der Waals surface area contributed by atoms with Crippen molar-refractivity contribution in [3.8, 4) is 0 Å². The molecule has 8 heteroatoms. The number of aromatic nitrogens is 2. The maximum atomic E-state index is 12.1. The number of hydrogen-bond donors (Lipinski definition) is 1. The number of carbonyl (C=O) groups is 1. The zero-order valence-corrected chi connectivity index (χ0v) is 12.3. The number of nitro benzene ring substituents is 1. The number of hydrogen-bond acceptors (Lipinski definition) is 6. The first-order valence-corrected chi connectivity index (χ1v) is 7.28. The average molecular weight is 313 g/mol. The fourth-order valence-electron chi connectivity index (χ4n) is 2.45. The van der Waals surface area contributed by atoms with Crippen molar-refractivity contribution in [2.75, 3.05) is 23.3 Å². The minimum absolute atomic E-state index is 0.0849. The summed E-state index contributed by atoms with van der Waals surface area (Å²) in [5.74, 6) is 0.306. The molecule has 0 aliphatic carbocycles. The molecule has 118 valence electrons. The second kappa shape index (κ2) is 6.39. The van der Waals surface area contributed by atoms with E-state index < -0.39 is 10.8 Å². The van der Waals surface area contributed by atoms with Crippen LogP contribution in [0.3, 0.4) is 0 Å². The SMILES string of the molecule is O=C(Nc1cccc([N+](=O)[O-])c1)c1ccc(N2CCCC2)nn1. The summed E-state index contributed by atoms with van der Waals surface area (Å²) in [4.78, 5) is 24.5. The van der Waals surface area contributed by atoms with Crippen molar-refractivity contribution in [3.63, 3.8) is 0 Å². The van der Waals surface area contributed by atoms with Crippen molar-refractivity contribution < 1.29 is 9.72 Å². The molecule has 23 heavy (non-hydrogen) atoms. The monoisotopic (exact) mass is 313 g/mol. The van der Waals surface area contributed by atoms with Gasteiger partial charge >= 0.3 is 0 Å². The van der Waals surface area contributed by atoms with Gasteiger partial charge in [0.25, 0.3) is 11.6 Å². The minimum atomic E-state index is -0.514. The molecule has 1 saturated heterocycles. The van der Waals surface area contributed by atoms with Crippen LogP contribution in [0.2, 0.25) is 0 Å². The van der Waals surface area contributed by atoms with Crippen LogP contribution >= 0.6 is 0 Å². The molecule has 0 unspecified atom stereocenters. The normalized spacial score (nSPS) is 13.8. The summed E-state index contributed by atoms with van der Waals surface area (Å²) in [6.45, 7) is 1.90. The predicted molar refractivity (Wildman–Crippen MR) is 84.5 cm³/mol. The first kappa shape index (κ1) is 14.9. The zero-order chi connectivity index (χ0) is 16.2. The van der Waals surface area contributed by atoms with Gasteiger partial charge in [0.15, 0.2) is 11.5 Å². The highest BCUT2D eigenvalue weighted by Crippen LogP contribution is 2.19. The Morgan fingerprint density at radius 1 is 1.17 bits per heavy atom. The molecule has 1 aromatic carbocycles. The maximum absolute atomic E-state index is 12.1.